The van der Waals surface area contributed by atoms with Crippen molar-refractivity contribution in [3.8, 4) is 0 Å². The van der Waals surface area contributed by atoms with Crippen LogP contribution in [-0.2, 0) is 15.4 Å². The molecule has 1 N–H and O–H groups in total. The predicted octanol–water partition coefficient (Wildman–Crippen LogP) is 3.02. The third-order valence-electron chi connectivity index (χ3n) is 2.85. The van der Waals surface area contributed by atoms with Crippen LogP contribution < -0.4 is 4.72 Å². The van der Waals surface area contributed by atoms with E-state index in [1.807, 2.05) is 6.07 Å². The van der Waals surface area contributed by atoms with Crippen molar-refractivity contribution < 1.29 is 8.42 Å². The van der Waals surface area contributed by atoms with E-state index < -0.39 is 10.0 Å². The van der Waals surface area contributed by atoms with Gasteiger partial charge in [-0.2, -0.15) is 0 Å². The number of aromatic nitrogens is 1. The highest BCUT2D eigenvalue weighted by Gasteiger charge is 2.18. The topological polar surface area (TPSA) is 59.1 Å². The summed E-state index contributed by atoms with van der Waals surface area (Å²) in [6, 6.07) is 11.8. The molecule has 2 aromatic rings. The van der Waals surface area contributed by atoms with E-state index in [1.54, 1.807) is 49.5 Å². The van der Waals surface area contributed by atoms with Gasteiger partial charge in [0.05, 0.1) is 16.6 Å². The van der Waals surface area contributed by atoms with Gasteiger partial charge in [-0.3, -0.25) is 4.98 Å². The van der Waals surface area contributed by atoms with Crippen LogP contribution in [0.15, 0.2) is 53.6 Å². The summed E-state index contributed by atoms with van der Waals surface area (Å²) in [7, 11) is -3.54. The Bertz CT molecular complexity index is 657. The number of nitrogens with one attached hydrogen (secondary N) is 1. The van der Waals surface area contributed by atoms with Gasteiger partial charge in [-0.25, -0.2) is 13.1 Å². The van der Waals surface area contributed by atoms with Crippen molar-refractivity contribution >= 4 is 26.0 Å². The Balaban J connectivity index is 2.18. The molecule has 0 aliphatic heterocycles. The van der Waals surface area contributed by atoms with Gasteiger partial charge in [-0.1, -0.05) is 34.1 Å². The van der Waals surface area contributed by atoms with Crippen LogP contribution in [0, 0.1) is 0 Å². The van der Waals surface area contributed by atoms with E-state index >= 15 is 0 Å². The van der Waals surface area contributed by atoms with Crippen LogP contribution >= 0.6 is 15.9 Å². The number of hydrogen-bond acceptors (Lipinski definition) is 3. The fourth-order valence-electron chi connectivity index (χ4n) is 1.75. The van der Waals surface area contributed by atoms with Crippen molar-refractivity contribution in [1.82, 2.24) is 9.71 Å². The average Bonchev–Trinajstić information content (AvgIpc) is 2.48. The van der Waals surface area contributed by atoms with E-state index in [2.05, 4.69) is 25.6 Å². The Kier molecular flexibility index (Phi) is 4.91. The molecule has 4 nitrogen and oxygen atoms in total. The zero-order valence-corrected chi connectivity index (χ0v) is 13.4. The predicted molar refractivity (Wildman–Crippen MR) is 82.0 cm³/mol. The summed E-state index contributed by atoms with van der Waals surface area (Å²) in [6.07, 6.45) is 1.64. The lowest BCUT2D eigenvalue weighted by Gasteiger charge is -2.13. The molecule has 2 rings (SSSR count). The van der Waals surface area contributed by atoms with Gasteiger partial charge in [0.2, 0.25) is 10.0 Å². The van der Waals surface area contributed by atoms with Crippen molar-refractivity contribution in [3.05, 3.63) is 59.9 Å². The van der Waals surface area contributed by atoms with Crippen LogP contribution in [0.5, 0.6) is 0 Å². The third kappa shape index (κ3) is 3.65. The second-order valence-corrected chi connectivity index (χ2v) is 6.65. The number of hydrogen-bond donors (Lipinski definition) is 1. The second kappa shape index (κ2) is 6.47. The molecule has 0 radical (unpaired) electrons. The van der Waals surface area contributed by atoms with E-state index in [9.17, 15) is 8.42 Å². The highest BCUT2D eigenvalue weighted by atomic mass is 79.9. The molecule has 0 spiro atoms. The van der Waals surface area contributed by atoms with Crippen LogP contribution in [0.4, 0.5) is 0 Å². The molecule has 1 atom stereocenters. The summed E-state index contributed by atoms with van der Waals surface area (Å²) < 4.78 is 27.2. The molecule has 1 heterocycles. The number of alkyl halides is 1. The molecule has 0 amide bonds. The molecular weight excluding hydrogens is 340 g/mol. The van der Waals surface area contributed by atoms with E-state index in [4.69, 9.17) is 0 Å². The zero-order valence-electron chi connectivity index (χ0n) is 11.0. The number of sulfonamides is 1. The van der Waals surface area contributed by atoms with Crippen molar-refractivity contribution in [1.29, 1.82) is 0 Å². The fourth-order valence-corrected chi connectivity index (χ4v) is 3.34. The highest BCUT2D eigenvalue weighted by Crippen LogP contribution is 2.16. The maximum absolute atomic E-state index is 12.3. The Morgan fingerprint density at radius 2 is 1.90 bits per heavy atom. The quantitative estimate of drug-likeness (QED) is 0.839. The van der Waals surface area contributed by atoms with Gasteiger partial charge in [0.1, 0.15) is 0 Å². The number of halogens is 1. The Labute approximate surface area is 127 Å². The van der Waals surface area contributed by atoms with Crippen LogP contribution in [0.1, 0.15) is 24.2 Å². The van der Waals surface area contributed by atoms with Crippen molar-refractivity contribution in [2.75, 3.05) is 0 Å². The summed E-state index contributed by atoms with van der Waals surface area (Å²) >= 11 is 3.33. The summed E-state index contributed by atoms with van der Waals surface area (Å²) in [5.41, 5.74) is 1.72. The van der Waals surface area contributed by atoms with E-state index in [0.717, 1.165) is 5.56 Å². The van der Waals surface area contributed by atoms with Crippen LogP contribution in [0.2, 0.25) is 0 Å². The van der Waals surface area contributed by atoms with Gasteiger partial charge >= 0.3 is 0 Å². The molecule has 106 valence electrons. The number of pyridine rings is 1. The first kappa shape index (κ1) is 15.2. The van der Waals surface area contributed by atoms with Crippen molar-refractivity contribution in [3.63, 3.8) is 0 Å². The first-order valence-electron chi connectivity index (χ1n) is 6.11. The van der Waals surface area contributed by atoms with Gasteiger partial charge in [-0.05, 0) is 36.8 Å². The van der Waals surface area contributed by atoms with Gasteiger partial charge in [0.15, 0.2) is 0 Å². The summed E-state index contributed by atoms with van der Waals surface area (Å²) in [4.78, 5) is 4.41. The lowest BCUT2D eigenvalue weighted by Crippen LogP contribution is -2.27. The monoisotopic (exact) mass is 354 g/mol. The maximum Gasteiger partial charge on any atom is 0.241 e. The Hall–Kier alpha value is -1.24. The molecule has 0 fully saturated rings. The van der Waals surface area contributed by atoms with Crippen LogP contribution in [0.3, 0.4) is 0 Å². The lowest BCUT2D eigenvalue weighted by molar-refractivity contribution is 0.564. The van der Waals surface area contributed by atoms with E-state index in [0.29, 0.717) is 11.0 Å². The number of rotatable bonds is 5. The van der Waals surface area contributed by atoms with Gasteiger partial charge in [-0.15, -0.1) is 0 Å². The Morgan fingerprint density at radius 3 is 2.45 bits per heavy atom. The largest absolute Gasteiger partial charge is 0.260 e. The van der Waals surface area contributed by atoms with Crippen LogP contribution in [0.25, 0.3) is 0 Å². The third-order valence-corrected chi connectivity index (χ3v) is 5.06. The minimum absolute atomic E-state index is 0.255. The average molecular weight is 355 g/mol. The molecule has 6 heteroatoms. The van der Waals surface area contributed by atoms with Gasteiger partial charge in [0, 0.05) is 11.5 Å². The minimum Gasteiger partial charge on any atom is -0.260 e. The standard InChI is InChI=1S/C14H15BrN2O2S/c1-11(14-4-2-3-9-16-14)17-20(18,19)13-7-5-12(10-15)6-8-13/h2-9,11,17H,10H2,1H3/t11-/m1/s1. The minimum atomic E-state index is -3.54. The molecule has 0 saturated heterocycles. The summed E-state index contributed by atoms with van der Waals surface area (Å²) in [5.74, 6) is 0. The summed E-state index contributed by atoms with van der Waals surface area (Å²) in [6.45, 7) is 1.77. The molecule has 20 heavy (non-hydrogen) atoms. The molecule has 0 saturated carbocycles. The molecule has 1 aromatic heterocycles. The zero-order chi connectivity index (χ0) is 14.6. The normalized spacial score (nSPS) is 13.1. The second-order valence-electron chi connectivity index (χ2n) is 4.38. The smallest absolute Gasteiger partial charge is 0.241 e. The first-order valence-corrected chi connectivity index (χ1v) is 8.71. The maximum atomic E-state index is 12.3. The number of benzene rings is 1. The summed E-state index contributed by atoms with van der Waals surface area (Å²) in [5, 5.41) is 0.699. The fraction of sp³-hybridized carbons (Fsp3) is 0.214. The van der Waals surface area contributed by atoms with Crippen LogP contribution in [-0.4, -0.2) is 13.4 Å². The molecule has 0 unspecified atom stereocenters. The highest BCUT2D eigenvalue weighted by molar-refractivity contribution is 9.08. The molecule has 0 bridgehead atoms. The SMILES string of the molecule is C[C@@H](NS(=O)(=O)c1ccc(CBr)cc1)c1ccccn1. The van der Waals surface area contributed by atoms with Crippen molar-refractivity contribution in [2.45, 2.75) is 23.2 Å². The number of nitrogens with zero attached hydrogens (tertiary/aromatic N) is 1. The Morgan fingerprint density at radius 1 is 1.20 bits per heavy atom. The first-order chi connectivity index (χ1) is 9.53. The van der Waals surface area contributed by atoms with Gasteiger partial charge < -0.3 is 0 Å². The molecule has 0 aliphatic rings. The molecule has 0 aliphatic carbocycles. The van der Waals surface area contributed by atoms with Crippen molar-refractivity contribution in [2.24, 2.45) is 0 Å². The van der Waals surface area contributed by atoms with Gasteiger partial charge in [0.25, 0.3) is 0 Å². The lowest BCUT2D eigenvalue weighted by atomic mass is 10.2. The van der Waals surface area contributed by atoms with E-state index in [-0.39, 0.29) is 10.9 Å². The van der Waals surface area contributed by atoms with E-state index in [1.165, 1.54) is 0 Å². The molecular formula is C14H15BrN2O2S. The molecule has 1 aromatic carbocycles.